The Morgan fingerprint density at radius 3 is 1.90 bits per heavy atom. The monoisotopic (exact) mass is 620 g/mol. The molecule has 1 N–H and O–H groups in total. The molecule has 4 heterocycles. The van der Waals surface area contributed by atoms with E-state index in [-0.39, 0.29) is 23.4 Å². The number of hydrogen-bond donors (Lipinski definition) is 1. The van der Waals surface area contributed by atoms with Gasteiger partial charge in [0.15, 0.2) is 0 Å². The number of benzene rings is 2. The quantitative estimate of drug-likeness (QED) is 0.218. The van der Waals surface area contributed by atoms with E-state index in [0.29, 0.717) is 56.0 Å². The number of aromatic nitrogens is 2. The molecule has 2 aliphatic heterocycles. The number of anilines is 1. The maximum atomic E-state index is 13.4. The molecular formula is C30H29Cl3F2N4O2. The third-order valence-electron chi connectivity index (χ3n) is 6.87. The van der Waals surface area contributed by atoms with Gasteiger partial charge in [-0.15, -0.1) is 0 Å². The van der Waals surface area contributed by atoms with Crippen LogP contribution in [0.5, 0.6) is 0 Å². The van der Waals surface area contributed by atoms with E-state index >= 15 is 0 Å². The highest BCUT2D eigenvalue weighted by Crippen LogP contribution is 2.34. The number of nitrogens with zero attached hydrogens (tertiary/aromatic N) is 3. The number of halogens is 5. The van der Waals surface area contributed by atoms with Crippen LogP contribution in [0.15, 0.2) is 36.4 Å². The molecule has 2 fully saturated rings. The zero-order chi connectivity index (χ0) is 29.7. The first-order valence-electron chi connectivity index (χ1n) is 13.3. The van der Waals surface area contributed by atoms with Crippen molar-refractivity contribution in [2.45, 2.75) is 52.4 Å². The highest BCUT2D eigenvalue weighted by atomic mass is 35.5. The van der Waals surface area contributed by atoms with Crippen LogP contribution in [0.1, 0.15) is 49.7 Å². The van der Waals surface area contributed by atoms with Crippen molar-refractivity contribution < 1.29 is 18.4 Å². The minimum absolute atomic E-state index is 0.0543. The molecule has 6 rings (SSSR count). The van der Waals surface area contributed by atoms with Crippen LogP contribution in [0.2, 0.25) is 15.2 Å². The molecule has 2 aromatic heterocycles. The average Bonchev–Trinajstić information content (AvgIpc) is 2.95. The van der Waals surface area contributed by atoms with Crippen LogP contribution >= 0.6 is 34.8 Å². The smallest absolute Gasteiger partial charge is 0.228 e. The fourth-order valence-electron chi connectivity index (χ4n) is 4.57. The third-order valence-corrected chi connectivity index (χ3v) is 8.21. The topological polar surface area (TPSA) is 75.2 Å². The number of piperidine rings is 2. The molecule has 0 aliphatic carbocycles. The molecule has 6 nitrogen and oxygen atoms in total. The summed E-state index contributed by atoms with van der Waals surface area (Å²) in [6, 6.07) is 8.59. The molecule has 0 saturated carbocycles. The van der Waals surface area contributed by atoms with Crippen LogP contribution in [0.4, 0.5) is 14.6 Å². The maximum absolute atomic E-state index is 13.4. The van der Waals surface area contributed by atoms with E-state index < -0.39 is 0 Å². The van der Waals surface area contributed by atoms with Gasteiger partial charge in [-0.1, -0.05) is 34.8 Å². The molecule has 216 valence electrons. The number of fused-ring (bicyclic) bond motifs is 2. The van der Waals surface area contributed by atoms with Crippen LogP contribution in [0, 0.1) is 25.5 Å². The average molecular weight is 622 g/mol. The van der Waals surface area contributed by atoms with Crippen molar-refractivity contribution in [1.82, 2.24) is 15.3 Å². The van der Waals surface area contributed by atoms with Crippen molar-refractivity contribution in [2.24, 2.45) is 0 Å². The Morgan fingerprint density at radius 2 is 1.37 bits per heavy atom. The van der Waals surface area contributed by atoms with Gasteiger partial charge in [-0.25, -0.2) is 18.7 Å². The van der Waals surface area contributed by atoms with Gasteiger partial charge in [0.05, 0.1) is 21.1 Å². The Balaban J connectivity index is 0.000000159. The van der Waals surface area contributed by atoms with Crippen molar-refractivity contribution in [3.8, 4) is 0 Å². The van der Waals surface area contributed by atoms with Gasteiger partial charge in [0, 0.05) is 60.0 Å². The highest BCUT2D eigenvalue weighted by molar-refractivity contribution is 6.39. The molecule has 41 heavy (non-hydrogen) atoms. The molecular weight excluding hydrogens is 593 g/mol. The van der Waals surface area contributed by atoms with E-state index in [9.17, 15) is 18.4 Å². The van der Waals surface area contributed by atoms with Crippen molar-refractivity contribution in [1.29, 1.82) is 0 Å². The molecule has 2 saturated heterocycles. The van der Waals surface area contributed by atoms with Gasteiger partial charge in [0.25, 0.3) is 0 Å². The zero-order valence-electron chi connectivity index (χ0n) is 22.7. The Hall–Kier alpha value is -3.07. The minimum Gasteiger partial charge on any atom is -0.356 e. The standard InChI is InChI=1S/C15H14ClFN2O.C10H6Cl2FN.C5H9NO/c1-9-14(16)11-6-5-10(17)8-12(11)18-15(9)19-7-3-2-4-13(19)20;1-5-9(11)7-3-2-6(13)4-8(7)14-10(5)12;7-5-3-1-2-4-6-5/h5-6,8H,2-4,7H2,1H3;2-4H,1H3;1-4H2,(H,6,7). The number of hydrogen-bond acceptors (Lipinski definition) is 4. The fraction of sp³-hybridized carbons (Fsp3) is 0.333. The molecule has 0 unspecified atom stereocenters. The Kier molecular flexibility index (Phi) is 10.3. The first-order chi connectivity index (χ1) is 19.6. The van der Waals surface area contributed by atoms with Crippen LogP contribution in [-0.4, -0.2) is 34.9 Å². The molecule has 0 atom stereocenters. The van der Waals surface area contributed by atoms with Crippen molar-refractivity contribution in [3.05, 3.63) is 74.4 Å². The van der Waals surface area contributed by atoms with E-state index in [1.165, 1.54) is 24.3 Å². The van der Waals surface area contributed by atoms with Crippen LogP contribution in [-0.2, 0) is 9.59 Å². The van der Waals surface area contributed by atoms with Gasteiger partial charge in [0.2, 0.25) is 11.8 Å². The lowest BCUT2D eigenvalue weighted by Crippen LogP contribution is -2.36. The maximum Gasteiger partial charge on any atom is 0.228 e. The summed E-state index contributed by atoms with van der Waals surface area (Å²) in [6.07, 6.45) is 5.35. The Bertz CT molecular complexity index is 1610. The van der Waals surface area contributed by atoms with Gasteiger partial charge >= 0.3 is 0 Å². The number of rotatable bonds is 1. The Morgan fingerprint density at radius 1 is 0.780 bits per heavy atom. The van der Waals surface area contributed by atoms with Gasteiger partial charge in [-0.2, -0.15) is 0 Å². The second-order valence-electron chi connectivity index (χ2n) is 9.85. The summed E-state index contributed by atoms with van der Waals surface area (Å²) >= 11 is 18.2. The first kappa shape index (κ1) is 30.9. The second-order valence-corrected chi connectivity index (χ2v) is 11.0. The summed E-state index contributed by atoms with van der Waals surface area (Å²) < 4.78 is 26.2. The van der Waals surface area contributed by atoms with E-state index in [1.807, 2.05) is 6.92 Å². The SMILES string of the molecule is Cc1c(Cl)nc2cc(F)ccc2c1Cl.Cc1c(N2CCCCC2=O)nc2cc(F)ccc2c1Cl.O=C1CCCCN1. The molecule has 0 radical (unpaired) electrons. The number of carbonyl (C=O) groups is 2. The summed E-state index contributed by atoms with van der Waals surface area (Å²) in [4.78, 5) is 32.5. The van der Waals surface area contributed by atoms with Crippen molar-refractivity contribution in [3.63, 3.8) is 0 Å². The second kappa shape index (κ2) is 13.7. The lowest BCUT2D eigenvalue weighted by molar-refractivity contribution is -0.122. The summed E-state index contributed by atoms with van der Waals surface area (Å²) in [7, 11) is 0. The molecule has 2 amide bonds. The molecule has 11 heteroatoms. The lowest BCUT2D eigenvalue weighted by Gasteiger charge is -2.27. The van der Waals surface area contributed by atoms with Gasteiger partial charge in [-0.3, -0.25) is 14.5 Å². The van der Waals surface area contributed by atoms with Crippen LogP contribution in [0.3, 0.4) is 0 Å². The summed E-state index contributed by atoms with van der Waals surface area (Å²) in [5.74, 6) is 0.115. The number of nitrogens with one attached hydrogen (secondary N) is 1. The molecule has 2 aliphatic rings. The van der Waals surface area contributed by atoms with E-state index in [1.54, 1.807) is 24.0 Å². The summed E-state index contributed by atoms with van der Waals surface area (Å²) in [5.41, 5.74) is 2.44. The van der Waals surface area contributed by atoms with E-state index in [4.69, 9.17) is 34.8 Å². The number of amides is 2. The third kappa shape index (κ3) is 7.42. The van der Waals surface area contributed by atoms with Crippen LogP contribution in [0.25, 0.3) is 21.8 Å². The first-order valence-corrected chi connectivity index (χ1v) is 14.4. The zero-order valence-corrected chi connectivity index (χ0v) is 24.9. The Labute approximate surface area is 252 Å². The van der Waals surface area contributed by atoms with Crippen molar-refractivity contribution in [2.75, 3.05) is 18.0 Å². The summed E-state index contributed by atoms with van der Waals surface area (Å²) in [6.45, 7) is 5.15. The van der Waals surface area contributed by atoms with Gasteiger partial charge in [0.1, 0.15) is 22.6 Å². The minimum atomic E-state index is -0.360. The van der Waals surface area contributed by atoms with Crippen molar-refractivity contribution >= 4 is 74.2 Å². The predicted molar refractivity (Wildman–Crippen MR) is 161 cm³/mol. The molecule has 0 bridgehead atoms. The largest absolute Gasteiger partial charge is 0.356 e. The van der Waals surface area contributed by atoms with Gasteiger partial charge in [-0.05, 0) is 63.8 Å². The summed E-state index contributed by atoms with van der Waals surface area (Å²) in [5, 5.41) is 5.54. The van der Waals surface area contributed by atoms with E-state index in [0.717, 1.165) is 49.6 Å². The normalized spacial score (nSPS) is 15.1. The highest BCUT2D eigenvalue weighted by Gasteiger charge is 2.24. The predicted octanol–water partition coefficient (Wildman–Crippen LogP) is 8.13. The number of pyridine rings is 2. The molecule has 0 spiro atoms. The molecule has 2 aromatic carbocycles. The number of carbonyl (C=O) groups excluding carboxylic acids is 2. The van der Waals surface area contributed by atoms with E-state index in [2.05, 4.69) is 15.3 Å². The molecule has 4 aromatic rings. The van der Waals surface area contributed by atoms with Gasteiger partial charge < -0.3 is 5.32 Å². The lowest BCUT2D eigenvalue weighted by atomic mass is 10.1. The van der Waals surface area contributed by atoms with Crippen LogP contribution < -0.4 is 10.2 Å². The fourth-order valence-corrected chi connectivity index (χ4v) is 5.29.